The van der Waals surface area contributed by atoms with Crippen molar-refractivity contribution in [2.75, 3.05) is 0 Å². The number of hydrogen-bond acceptors (Lipinski definition) is 4. The van der Waals surface area contributed by atoms with Gasteiger partial charge in [-0.05, 0) is 52.2 Å². The maximum Gasteiger partial charge on any atom is 0.235 e. The molecule has 12 aromatic rings. The second-order valence-electron chi connectivity index (χ2n) is 13.7. The minimum Gasteiger partial charge on any atom is -0.277 e. The summed E-state index contributed by atoms with van der Waals surface area (Å²) >= 11 is 3.66. The quantitative estimate of drug-likeness (QED) is 0.183. The number of nitrogens with zero attached hydrogens (tertiary/aromatic N) is 3. The van der Waals surface area contributed by atoms with E-state index in [-0.39, 0.29) is 0 Å². The summed E-state index contributed by atoms with van der Waals surface area (Å²) < 4.78 is 7.27. The van der Waals surface area contributed by atoms with Crippen LogP contribution in [0.25, 0.3) is 112 Å². The van der Waals surface area contributed by atoms with Crippen molar-refractivity contribution in [1.82, 2.24) is 14.5 Å². The zero-order valence-electron chi connectivity index (χ0n) is 28.2. The summed E-state index contributed by atoms with van der Waals surface area (Å²) in [4.78, 5) is 11.1. The van der Waals surface area contributed by atoms with Crippen LogP contribution in [0.4, 0.5) is 0 Å². The highest BCUT2D eigenvalue weighted by atomic mass is 32.1. The first-order valence-corrected chi connectivity index (χ1v) is 19.5. The van der Waals surface area contributed by atoms with Gasteiger partial charge in [0.15, 0.2) is 0 Å². The first-order chi connectivity index (χ1) is 26.3. The molecule has 0 unspecified atom stereocenters. The van der Waals surface area contributed by atoms with Gasteiger partial charge < -0.3 is 0 Å². The van der Waals surface area contributed by atoms with Gasteiger partial charge in [-0.1, -0.05) is 133 Å². The first-order valence-electron chi connectivity index (χ1n) is 17.8. The third kappa shape index (κ3) is 4.20. The lowest BCUT2D eigenvalue weighted by molar-refractivity contribution is 1.02. The number of hydrogen-bond donors (Lipinski definition) is 0. The molecule has 0 spiro atoms. The number of fused-ring (bicyclic) bond motifs is 14. The summed E-state index contributed by atoms with van der Waals surface area (Å²) in [6.45, 7) is 0. The van der Waals surface area contributed by atoms with Gasteiger partial charge in [0, 0.05) is 57.4 Å². The summed E-state index contributed by atoms with van der Waals surface area (Å²) in [6, 6.07) is 59.2. The van der Waals surface area contributed by atoms with Crippen molar-refractivity contribution in [3.8, 4) is 28.3 Å². The van der Waals surface area contributed by atoms with Crippen LogP contribution in [0.15, 0.2) is 164 Å². The molecule has 0 saturated carbocycles. The number of aromatic nitrogens is 3. The van der Waals surface area contributed by atoms with Gasteiger partial charge in [0.25, 0.3) is 0 Å². The molecule has 0 atom stereocenters. The van der Waals surface area contributed by atoms with E-state index >= 15 is 0 Å². The molecule has 12 rings (SSSR count). The molecule has 0 saturated heterocycles. The second kappa shape index (κ2) is 11.1. The minimum absolute atomic E-state index is 0.686. The third-order valence-corrected chi connectivity index (χ3v) is 13.1. The fourth-order valence-electron chi connectivity index (χ4n) is 8.40. The van der Waals surface area contributed by atoms with Crippen molar-refractivity contribution in [3.05, 3.63) is 164 Å². The SMILES string of the molecule is c1ccc(-c2ccc3cc(-c4nc(-n5c6ccccc6c6c7c8ccccc8sc7c7ccccc7c65)nc5c4sc4ccccc45)ccc3c2)cc1. The van der Waals surface area contributed by atoms with Crippen molar-refractivity contribution in [2.45, 2.75) is 0 Å². The predicted molar refractivity (Wildman–Crippen MR) is 228 cm³/mol. The van der Waals surface area contributed by atoms with E-state index in [4.69, 9.17) is 9.97 Å². The maximum atomic E-state index is 5.58. The molecular formula is C48H27N3S2. The van der Waals surface area contributed by atoms with Crippen LogP contribution < -0.4 is 0 Å². The summed E-state index contributed by atoms with van der Waals surface area (Å²) in [5.74, 6) is 0.686. The van der Waals surface area contributed by atoms with E-state index < -0.39 is 0 Å². The Hall–Kier alpha value is -6.40. The van der Waals surface area contributed by atoms with E-state index in [2.05, 4.69) is 168 Å². The molecule has 8 aromatic carbocycles. The fourth-order valence-corrected chi connectivity index (χ4v) is 10.8. The van der Waals surface area contributed by atoms with Gasteiger partial charge in [-0.15, -0.1) is 22.7 Å². The highest BCUT2D eigenvalue weighted by molar-refractivity contribution is 7.27. The van der Waals surface area contributed by atoms with Crippen molar-refractivity contribution in [3.63, 3.8) is 0 Å². The van der Waals surface area contributed by atoms with Crippen LogP contribution in [-0.4, -0.2) is 14.5 Å². The summed E-state index contributed by atoms with van der Waals surface area (Å²) in [5, 5.41) is 11.1. The van der Waals surface area contributed by atoms with Crippen LogP contribution in [0.3, 0.4) is 0 Å². The lowest BCUT2D eigenvalue weighted by Gasteiger charge is -2.12. The van der Waals surface area contributed by atoms with Crippen LogP contribution in [0.2, 0.25) is 0 Å². The lowest BCUT2D eigenvalue weighted by Crippen LogP contribution is -2.03. The molecule has 4 aromatic heterocycles. The molecule has 53 heavy (non-hydrogen) atoms. The lowest BCUT2D eigenvalue weighted by atomic mass is 9.99. The van der Waals surface area contributed by atoms with Crippen LogP contribution in [0.5, 0.6) is 0 Å². The van der Waals surface area contributed by atoms with Crippen LogP contribution in [-0.2, 0) is 0 Å². The predicted octanol–water partition coefficient (Wildman–Crippen LogP) is 13.9. The second-order valence-corrected chi connectivity index (χ2v) is 15.8. The third-order valence-electron chi connectivity index (χ3n) is 10.8. The molecule has 0 radical (unpaired) electrons. The molecule has 0 amide bonds. The number of rotatable bonds is 3. The zero-order chi connectivity index (χ0) is 34.6. The molecule has 0 N–H and O–H groups in total. The maximum absolute atomic E-state index is 5.58. The van der Waals surface area contributed by atoms with E-state index in [0.29, 0.717) is 5.95 Å². The minimum atomic E-state index is 0.686. The molecule has 0 bridgehead atoms. The Balaban J connectivity index is 1.20. The Morgan fingerprint density at radius 3 is 1.83 bits per heavy atom. The van der Waals surface area contributed by atoms with E-state index in [1.165, 1.54) is 68.3 Å². The highest BCUT2D eigenvalue weighted by Crippen LogP contribution is 2.48. The molecule has 3 nitrogen and oxygen atoms in total. The van der Waals surface area contributed by atoms with Gasteiger partial charge >= 0.3 is 0 Å². The molecule has 4 heterocycles. The fraction of sp³-hybridized carbons (Fsp3) is 0. The van der Waals surface area contributed by atoms with Crippen molar-refractivity contribution < 1.29 is 0 Å². The van der Waals surface area contributed by atoms with Crippen molar-refractivity contribution >= 4 is 106 Å². The van der Waals surface area contributed by atoms with E-state index in [9.17, 15) is 0 Å². The molecule has 0 aliphatic heterocycles. The van der Waals surface area contributed by atoms with Crippen molar-refractivity contribution in [2.24, 2.45) is 0 Å². The monoisotopic (exact) mass is 709 g/mol. The van der Waals surface area contributed by atoms with Gasteiger partial charge in [-0.2, -0.15) is 0 Å². The average Bonchev–Trinajstić information content (AvgIpc) is 3.91. The normalized spacial score (nSPS) is 12.2. The summed E-state index contributed by atoms with van der Waals surface area (Å²) in [6.07, 6.45) is 0. The molecule has 0 fully saturated rings. The van der Waals surface area contributed by atoms with Crippen LogP contribution >= 0.6 is 22.7 Å². The average molecular weight is 710 g/mol. The number of thiophene rings is 2. The Bertz CT molecular complexity index is 3460. The Morgan fingerprint density at radius 1 is 0.415 bits per heavy atom. The van der Waals surface area contributed by atoms with Gasteiger partial charge in [0.1, 0.15) is 0 Å². The van der Waals surface area contributed by atoms with E-state index in [0.717, 1.165) is 37.9 Å². The zero-order valence-corrected chi connectivity index (χ0v) is 29.9. The number of para-hydroxylation sites is 1. The number of benzene rings is 8. The van der Waals surface area contributed by atoms with Gasteiger partial charge in [0.05, 0.1) is 26.9 Å². The van der Waals surface area contributed by atoms with Crippen LogP contribution in [0, 0.1) is 0 Å². The van der Waals surface area contributed by atoms with E-state index in [1.54, 1.807) is 11.3 Å². The Kier molecular flexibility index (Phi) is 6.09. The highest BCUT2D eigenvalue weighted by Gasteiger charge is 2.24. The van der Waals surface area contributed by atoms with Gasteiger partial charge in [0.2, 0.25) is 5.95 Å². The Labute approximate surface area is 311 Å². The van der Waals surface area contributed by atoms with Crippen LogP contribution in [0.1, 0.15) is 0 Å². The Morgan fingerprint density at radius 2 is 1.02 bits per heavy atom. The molecule has 0 aliphatic carbocycles. The van der Waals surface area contributed by atoms with Crippen molar-refractivity contribution in [1.29, 1.82) is 0 Å². The molecule has 5 heteroatoms. The van der Waals surface area contributed by atoms with E-state index in [1.807, 2.05) is 11.3 Å². The standard InChI is InChI=1S/C48H27N3S2/c1-2-12-28(13-3-1)29-22-23-31-27-32(25-24-30(31)26-29)43-47-44(37-18-8-11-21-40(37)53-47)50-48(49-43)51-38-19-9-6-16-35(38)41-42-36-17-7-10-20-39(36)52-46(42)34-15-5-4-14-33(34)45(41)51/h1-27H. The summed E-state index contributed by atoms with van der Waals surface area (Å²) in [5.41, 5.74) is 7.72. The topological polar surface area (TPSA) is 30.7 Å². The summed E-state index contributed by atoms with van der Waals surface area (Å²) in [7, 11) is 0. The van der Waals surface area contributed by atoms with Gasteiger partial charge in [-0.3, -0.25) is 4.57 Å². The molecule has 0 aliphatic rings. The first kappa shape index (κ1) is 29.2. The van der Waals surface area contributed by atoms with Gasteiger partial charge in [-0.25, -0.2) is 9.97 Å². The molecular weight excluding hydrogens is 683 g/mol. The smallest absolute Gasteiger partial charge is 0.235 e. The molecule has 246 valence electrons. The largest absolute Gasteiger partial charge is 0.277 e.